The minimum Gasteiger partial charge on any atom is -0.478 e. The summed E-state index contributed by atoms with van der Waals surface area (Å²) in [6, 6.07) is 11.2. The van der Waals surface area contributed by atoms with Crippen LogP contribution in [0.25, 0.3) is 11.1 Å². The van der Waals surface area contributed by atoms with Gasteiger partial charge in [0.2, 0.25) is 0 Å². The number of nitro benzene ring substituents is 1. The Bertz CT molecular complexity index is 616. The van der Waals surface area contributed by atoms with Crippen LogP contribution < -0.4 is 0 Å². The number of benzene rings is 2. The van der Waals surface area contributed by atoms with Crippen molar-refractivity contribution in [1.82, 2.24) is 0 Å². The van der Waals surface area contributed by atoms with Crippen LogP contribution in [0.4, 0.5) is 5.69 Å². The molecule has 0 aliphatic heterocycles. The number of nitrogens with zero attached hydrogens (tertiary/aromatic N) is 1. The van der Waals surface area contributed by atoms with Crippen LogP contribution in [0.1, 0.15) is 29.8 Å². The molecule has 0 amide bonds. The van der Waals surface area contributed by atoms with Gasteiger partial charge in [0.1, 0.15) is 0 Å². The van der Waals surface area contributed by atoms with Crippen molar-refractivity contribution in [3.63, 3.8) is 0 Å². The Morgan fingerprint density at radius 1 is 1.05 bits per heavy atom. The van der Waals surface area contributed by atoms with E-state index in [0.29, 0.717) is 5.56 Å². The molecule has 2 aromatic rings. The third-order valence-corrected chi connectivity index (χ3v) is 2.76. The molecule has 0 atom stereocenters. The number of carbonyl (C=O) groups is 1. The predicted molar refractivity (Wildman–Crippen MR) is 81.6 cm³/mol. The number of non-ortho nitro benzene ring substituents is 1. The van der Waals surface area contributed by atoms with Crippen LogP contribution >= 0.6 is 0 Å². The lowest BCUT2D eigenvalue weighted by atomic mass is 10.0. The van der Waals surface area contributed by atoms with Gasteiger partial charge in [-0.25, -0.2) is 4.79 Å². The zero-order valence-corrected chi connectivity index (χ0v) is 12.2. The van der Waals surface area contributed by atoms with Gasteiger partial charge in [-0.15, -0.1) is 0 Å². The van der Waals surface area contributed by atoms with Gasteiger partial charge >= 0.3 is 5.97 Å². The fraction of sp³-hybridized carbons (Fsp3) is 0.188. The molecule has 2 aromatic carbocycles. The van der Waals surface area contributed by atoms with Crippen LogP contribution in [-0.2, 0) is 0 Å². The van der Waals surface area contributed by atoms with Crippen molar-refractivity contribution in [2.45, 2.75) is 20.8 Å². The first-order chi connectivity index (χ1) is 9.97. The monoisotopic (exact) mass is 287 g/mol. The highest BCUT2D eigenvalue weighted by Gasteiger charge is 2.14. The van der Waals surface area contributed by atoms with Crippen LogP contribution in [-0.4, -0.2) is 16.0 Å². The first-order valence-corrected chi connectivity index (χ1v) is 6.57. The number of hydrogen-bond acceptors (Lipinski definition) is 3. The summed E-state index contributed by atoms with van der Waals surface area (Å²) in [4.78, 5) is 21.2. The van der Waals surface area contributed by atoms with Crippen molar-refractivity contribution in [2.75, 3.05) is 0 Å². The number of nitro groups is 1. The molecule has 0 saturated carbocycles. The fourth-order valence-electron chi connectivity index (χ4n) is 1.75. The van der Waals surface area contributed by atoms with Gasteiger partial charge in [-0.05, 0) is 24.1 Å². The second kappa shape index (κ2) is 7.19. The number of rotatable bonds is 3. The van der Waals surface area contributed by atoms with Gasteiger partial charge in [-0.3, -0.25) is 10.1 Å². The Morgan fingerprint density at radius 2 is 1.62 bits per heavy atom. The summed E-state index contributed by atoms with van der Waals surface area (Å²) in [5.41, 5.74) is 2.01. The second-order valence-electron chi connectivity index (χ2n) is 4.20. The molecule has 0 aliphatic carbocycles. The lowest BCUT2D eigenvalue weighted by Gasteiger charge is -2.04. The van der Waals surface area contributed by atoms with Crippen LogP contribution in [0, 0.1) is 17.0 Å². The van der Waals surface area contributed by atoms with Crippen molar-refractivity contribution in [1.29, 1.82) is 0 Å². The fourth-order valence-corrected chi connectivity index (χ4v) is 1.75. The van der Waals surface area contributed by atoms with Gasteiger partial charge < -0.3 is 5.11 Å². The van der Waals surface area contributed by atoms with E-state index in [-0.39, 0.29) is 11.3 Å². The van der Waals surface area contributed by atoms with Gasteiger partial charge in [0.05, 0.1) is 10.5 Å². The third kappa shape index (κ3) is 4.14. The Hall–Kier alpha value is -2.69. The van der Waals surface area contributed by atoms with E-state index in [2.05, 4.69) is 0 Å². The van der Waals surface area contributed by atoms with Crippen molar-refractivity contribution in [2.24, 2.45) is 0 Å². The zero-order chi connectivity index (χ0) is 16.0. The molecule has 5 nitrogen and oxygen atoms in total. The average Bonchev–Trinajstić information content (AvgIpc) is 2.49. The standard InChI is InChI=1S/C14H11NO4.C2H6/c1-9-2-4-10(5-3-9)11-6-12(14(16)17)8-13(7-11)15(18)19;1-2/h2-8H,1H3,(H,16,17);1-2H3. The maximum atomic E-state index is 11.0. The van der Waals surface area contributed by atoms with Crippen LogP contribution in [0.5, 0.6) is 0 Å². The van der Waals surface area contributed by atoms with Crippen molar-refractivity contribution >= 4 is 11.7 Å². The highest BCUT2D eigenvalue weighted by atomic mass is 16.6. The molecule has 0 spiro atoms. The predicted octanol–water partition coefficient (Wildman–Crippen LogP) is 4.29. The molecule has 0 bridgehead atoms. The smallest absolute Gasteiger partial charge is 0.335 e. The molecule has 0 aliphatic rings. The summed E-state index contributed by atoms with van der Waals surface area (Å²) >= 11 is 0. The lowest BCUT2D eigenvalue weighted by molar-refractivity contribution is -0.384. The highest BCUT2D eigenvalue weighted by Crippen LogP contribution is 2.26. The molecule has 1 N–H and O–H groups in total. The SMILES string of the molecule is CC.Cc1ccc(-c2cc(C(=O)O)cc([N+](=O)[O-])c2)cc1. The van der Waals surface area contributed by atoms with E-state index in [0.717, 1.165) is 17.2 Å². The van der Waals surface area contributed by atoms with Crippen LogP contribution in [0.15, 0.2) is 42.5 Å². The Balaban J connectivity index is 0.00000106. The number of aromatic carboxylic acids is 1. The molecule has 0 heterocycles. The topological polar surface area (TPSA) is 80.4 Å². The van der Waals surface area contributed by atoms with Gasteiger partial charge in [0, 0.05) is 12.1 Å². The molecule has 0 saturated heterocycles. The maximum absolute atomic E-state index is 11.0. The van der Waals surface area contributed by atoms with Gasteiger partial charge in [0.15, 0.2) is 0 Å². The first-order valence-electron chi connectivity index (χ1n) is 6.57. The van der Waals surface area contributed by atoms with Gasteiger partial charge in [-0.1, -0.05) is 43.7 Å². The van der Waals surface area contributed by atoms with E-state index in [4.69, 9.17) is 5.11 Å². The molecule has 0 unspecified atom stereocenters. The van der Waals surface area contributed by atoms with Crippen LogP contribution in [0.2, 0.25) is 0 Å². The molecule has 2 rings (SSSR count). The summed E-state index contributed by atoms with van der Waals surface area (Å²) in [6.45, 7) is 5.93. The molecule has 0 radical (unpaired) electrons. The molecular formula is C16H17NO4. The minimum absolute atomic E-state index is 0.0928. The van der Waals surface area contributed by atoms with E-state index in [1.807, 2.05) is 32.9 Å². The maximum Gasteiger partial charge on any atom is 0.335 e. The summed E-state index contributed by atoms with van der Waals surface area (Å²) in [6.07, 6.45) is 0. The third-order valence-electron chi connectivity index (χ3n) is 2.76. The second-order valence-corrected chi connectivity index (χ2v) is 4.20. The van der Waals surface area contributed by atoms with Crippen molar-refractivity contribution < 1.29 is 14.8 Å². The molecule has 110 valence electrons. The van der Waals surface area contributed by atoms with E-state index in [1.165, 1.54) is 12.1 Å². The zero-order valence-electron chi connectivity index (χ0n) is 12.2. The largest absolute Gasteiger partial charge is 0.478 e. The van der Waals surface area contributed by atoms with E-state index < -0.39 is 10.9 Å². The summed E-state index contributed by atoms with van der Waals surface area (Å²) in [5, 5.41) is 19.8. The number of carboxylic acid groups (broad SMARTS) is 1. The molecule has 5 heteroatoms. The molecular weight excluding hydrogens is 270 g/mol. The summed E-state index contributed by atoms with van der Waals surface area (Å²) in [5.74, 6) is -1.18. The van der Waals surface area contributed by atoms with Gasteiger partial charge in [-0.2, -0.15) is 0 Å². The quantitative estimate of drug-likeness (QED) is 0.674. The highest BCUT2D eigenvalue weighted by molar-refractivity contribution is 5.90. The average molecular weight is 287 g/mol. The number of aryl methyl sites for hydroxylation is 1. The normalized spacial score (nSPS) is 9.48. The number of carboxylic acids is 1. The molecule has 0 aromatic heterocycles. The minimum atomic E-state index is -1.18. The summed E-state index contributed by atoms with van der Waals surface area (Å²) < 4.78 is 0. The van der Waals surface area contributed by atoms with Crippen molar-refractivity contribution in [3.05, 3.63) is 63.7 Å². The Kier molecular flexibility index (Phi) is 5.60. The molecule has 0 fully saturated rings. The Labute approximate surface area is 123 Å². The first kappa shape index (κ1) is 16.4. The number of hydrogen-bond donors (Lipinski definition) is 1. The van der Waals surface area contributed by atoms with E-state index in [9.17, 15) is 14.9 Å². The van der Waals surface area contributed by atoms with E-state index >= 15 is 0 Å². The van der Waals surface area contributed by atoms with Crippen molar-refractivity contribution in [3.8, 4) is 11.1 Å². The van der Waals surface area contributed by atoms with Crippen LogP contribution in [0.3, 0.4) is 0 Å². The van der Waals surface area contributed by atoms with Gasteiger partial charge in [0.25, 0.3) is 5.69 Å². The lowest BCUT2D eigenvalue weighted by Crippen LogP contribution is -1.99. The molecule has 21 heavy (non-hydrogen) atoms. The van der Waals surface area contributed by atoms with E-state index in [1.54, 1.807) is 12.1 Å². The Morgan fingerprint density at radius 3 is 2.10 bits per heavy atom. The summed E-state index contributed by atoms with van der Waals surface area (Å²) in [7, 11) is 0.